The first-order chi connectivity index (χ1) is 8.33. The molecule has 1 aliphatic heterocycles. The Hall–Kier alpha value is -1.26. The van der Waals surface area contributed by atoms with Crippen LogP contribution in [0.2, 0.25) is 0 Å². The number of halogens is 1. The fourth-order valence-corrected chi connectivity index (χ4v) is 2.22. The molecule has 0 atom stereocenters. The maximum absolute atomic E-state index is 5.98. The maximum Gasteiger partial charge on any atom is 0.167 e. The van der Waals surface area contributed by atoms with Crippen molar-refractivity contribution in [3.8, 4) is 5.75 Å². The Morgan fingerprint density at radius 2 is 2.11 bits per heavy atom. The smallest absolute Gasteiger partial charge is 0.167 e. The van der Waals surface area contributed by atoms with Crippen LogP contribution in [0, 0.1) is 6.92 Å². The third-order valence-electron chi connectivity index (χ3n) is 3.21. The van der Waals surface area contributed by atoms with Crippen LogP contribution in [0.3, 0.4) is 0 Å². The Balaban J connectivity index is 0.00000120. The van der Waals surface area contributed by atoms with Crippen LogP contribution in [0.15, 0.2) is 22.7 Å². The molecule has 0 radical (unpaired) electrons. The zero-order valence-corrected chi connectivity index (χ0v) is 11.1. The summed E-state index contributed by atoms with van der Waals surface area (Å²) in [6, 6.07) is 5.89. The first kappa shape index (κ1) is 13.2. The first-order valence-corrected chi connectivity index (χ1v) is 6.06. The van der Waals surface area contributed by atoms with Crippen LogP contribution in [-0.2, 0) is 0 Å². The van der Waals surface area contributed by atoms with E-state index in [1.54, 1.807) is 0 Å². The molecule has 1 saturated heterocycles. The quantitative estimate of drug-likeness (QED) is 0.910. The number of hydrogen-bond donors (Lipinski definition) is 1. The van der Waals surface area contributed by atoms with Crippen molar-refractivity contribution < 1.29 is 9.26 Å². The van der Waals surface area contributed by atoms with Gasteiger partial charge in [0.2, 0.25) is 0 Å². The van der Waals surface area contributed by atoms with E-state index < -0.39 is 0 Å². The van der Waals surface area contributed by atoms with Crippen molar-refractivity contribution in [3.05, 3.63) is 23.9 Å². The van der Waals surface area contributed by atoms with Gasteiger partial charge in [0.25, 0.3) is 0 Å². The highest BCUT2D eigenvalue weighted by atomic mass is 35.5. The summed E-state index contributed by atoms with van der Waals surface area (Å²) in [4.78, 5) is 0. The Morgan fingerprint density at radius 3 is 2.89 bits per heavy atom. The van der Waals surface area contributed by atoms with Crippen LogP contribution < -0.4 is 10.1 Å². The summed E-state index contributed by atoms with van der Waals surface area (Å²) in [5, 5.41) is 8.31. The average molecular weight is 269 g/mol. The molecule has 0 spiro atoms. The number of nitrogens with one attached hydrogen (secondary N) is 1. The van der Waals surface area contributed by atoms with Crippen molar-refractivity contribution in [1.82, 2.24) is 10.5 Å². The topological polar surface area (TPSA) is 47.3 Å². The Morgan fingerprint density at radius 1 is 1.33 bits per heavy atom. The largest absolute Gasteiger partial charge is 0.490 e. The molecule has 0 aliphatic carbocycles. The lowest BCUT2D eigenvalue weighted by atomic mass is 10.1. The fraction of sp³-hybridized carbons (Fsp3) is 0.462. The molecule has 1 aromatic carbocycles. The van der Waals surface area contributed by atoms with E-state index >= 15 is 0 Å². The van der Waals surface area contributed by atoms with Gasteiger partial charge in [0.1, 0.15) is 11.9 Å². The number of aryl methyl sites for hydroxylation is 1. The van der Waals surface area contributed by atoms with Gasteiger partial charge in [-0.15, -0.1) is 12.4 Å². The second-order valence-corrected chi connectivity index (χ2v) is 4.49. The number of rotatable bonds is 2. The Kier molecular flexibility index (Phi) is 4.09. The first-order valence-electron chi connectivity index (χ1n) is 6.06. The predicted molar refractivity (Wildman–Crippen MR) is 72.5 cm³/mol. The van der Waals surface area contributed by atoms with Crippen LogP contribution >= 0.6 is 12.4 Å². The van der Waals surface area contributed by atoms with Gasteiger partial charge in [-0.2, -0.15) is 0 Å². The van der Waals surface area contributed by atoms with Crippen LogP contribution in [-0.4, -0.2) is 24.4 Å². The van der Waals surface area contributed by atoms with E-state index in [-0.39, 0.29) is 12.4 Å². The fourth-order valence-electron chi connectivity index (χ4n) is 2.22. The zero-order valence-electron chi connectivity index (χ0n) is 10.3. The number of piperidine rings is 1. The molecule has 0 amide bonds. The SMILES string of the molecule is Cc1noc2ccc(OC3CCNCC3)cc12.Cl. The van der Waals surface area contributed by atoms with E-state index in [0.717, 1.165) is 48.3 Å². The number of fused-ring (bicyclic) bond motifs is 1. The third kappa shape index (κ3) is 2.60. The van der Waals surface area contributed by atoms with E-state index in [0.29, 0.717) is 6.10 Å². The molecule has 2 aromatic rings. The van der Waals surface area contributed by atoms with Gasteiger partial charge in [-0.1, -0.05) is 5.16 Å². The van der Waals surface area contributed by atoms with Gasteiger partial charge in [-0.3, -0.25) is 0 Å². The van der Waals surface area contributed by atoms with Gasteiger partial charge in [0.15, 0.2) is 5.58 Å². The van der Waals surface area contributed by atoms with Gasteiger partial charge < -0.3 is 14.6 Å². The molecular formula is C13H17ClN2O2. The predicted octanol–water partition coefficient (Wildman–Crippen LogP) is 2.69. The van der Waals surface area contributed by atoms with E-state index in [4.69, 9.17) is 9.26 Å². The molecule has 2 heterocycles. The molecule has 1 N–H and O–H groups in total. The summed E-state index contributed by atoms with van der Waals surface area (Å²) in [5.41, 5.74) is 1.73. The molecule has 5 heteroatoms. The van der Waals surface area contributed by atoms with Crippen LogP contribution in [0.4, 0.5) is 0 Å². The highest BCUT2D eigenvalue weighted by Crippen LogP contribution is 2.25. The van der Waals surface area contributed by atoms with Gasteiger partial charge in [0, 0.05) is 5.39 Å². The second-order valence-electron chi connectivity index (χ2n) is 4.49. The minimum Gasteiger partial charge on any atom is -0.490 e. The normalized spacial score (nSPS) is 16.5. The molecule has 0 bridgehead atoms. The second kappa shape index (κ2) is 5.59. The number of ether oxygens (including phenoxy) is 1. The lowest BCUT2D eigenvalue weighted by Gasteiger charge is -2.23. The summed E-state index contributed by atoms with van der Waals surface area (Å²) >= 11 is 0. The van der Waals surface area contributed by atoms with Crippen LogP contribution in [0.5, 0.6) is 5.75 Å². The minimum absolute atomic E-state index is 0. The van der Waals surface area contributed by atoms with E-state index in [2.05, 4.69) is 10.5 Å². The molecular weight excluding hydrogens is 252 g/mol. The summed E-state index contributed by atoms with van der Waals surface area (Å²) in [7, 11) is 0. The highest BCUT2D eigenvalue weighted by molar-refractivity contribution is 5.85. The van der Waals surface area contributed by atoms with Gasteiger partial charge >= 0.3 is 0 Å². The molecule has 1 aromatic heterocycles. The lowest BCUT2D eigenvalue weighted by Crippen LogP contribution is -2.34. The summed E-state index contributed by atoms with van der Waals surface area (Å²) in [5.74, 6) is 0.913. The van der Waals surface area contributed by atoms with Crippen LogP contribution in [0.25, 0.3) is 11.0 Å². The minimum atomic E-state index is 0. The van der Waals surface area contributed by atoms with Crippen LogP contribution in [0.1, 0.15) is 18.5 Å². The van der Waals surface area contributed by atoms with Gasteiger partial charge in [-0.05, 0) is 51.1 Å². The monoisotopic (exact) mass is 268 g/mol. The number of hydrogen-bond acceptors (Lipinski definition) is 4. The van der Waals surface area contributed by atoms with E-state index in [9.17, 15) is 0 Å². The van der Waals surface area contributed by atoms with Gasteiger partial charge in [-0.25, -0.2) is 0 Å². The zero-order chi connectivity index (χ0) is 11.7. The highest BCUT2D eigenvalue weighted by Gasteiger charge is 2.15. The van der Waals surface area contributed by atoms with Crippen molar-refractivity contribution in [3.63, 3.8) is 0 Å². The van der Waals surface area contributed by atoms with Crippen molar-refractivity contribution in [2.45, 2.75) is 25.9 Å². The number of benzene rings is 1. The lowest BCUT2D eigenvalue weighted by molar-refractivity contribution is 0.162. The molecule has 4 nitrogen and oxygen atoms in total. The molecule has 1 fully saturated rings. The average Bonchev–Trinajstić information content (AvgIpc) is 2.73. The van der Waals surface area contributed by atoms with Crippen molar-refractivity contribution >= 4 is 23.4 Å². The number of nitrogens with zero attached hydrogens (tertiary/aromatic N) is 1. The summed E-state index contributed by atoms with van der Waals surface area (Å²) in [6.45, 7) is 4.03. The molecule has 1 aliphatic rings. The van der Waals surface area contributed by atoms with Crippen molar-refractivity contribution in [2.75, 3.05) is 13.1 Å². The number of aromatic nitrogens is 1. The summed E-state index contributed by atoms with van der Waals surface area (Å²) < 4.78 is 11.2. The summed E-state index contributed by atoms with van der Waals surface area (Å²) in [6.07, 6.45) is 2.47. The molecule has 98 valence electrons. The van der Waals surface area contributed by atoms with E-state index in [1.165, 1.54) is 0 Å². The Labute approximate surface area is 112 Å². The molecule has 18 heavy (non-hydrogen) atoms. The third-order valence-corrected chi connectivity index (χ3v) is 3.21. The maximum atomic E-state index is 5.98. The van der Waals surface area contributed by atoms with Gasteiger partial charge in [0.05, 0.1) is 5.69 Å². The van der Waals surface area contributed by atoms with E-state index in [1.807, 2.05) is 25.1 Å². The van der Waals surface area contributed by atoms with Crippen molar-refractivity contribution in [2.24, 2.45) is 0 Å². The standard InChI is InChI=1S/C13H16N2O2.ClH/c1-9-12-8-11(2-3-13(12)17-15-9)16-10-4-6-14-7-5-10;/h2-3,8,10,14H,4-7H2,1H3;1H. The molecule has 0 saturated carbocycles. The molecule has 0 unspecified atom stereocenters. The Bertz CT molecular complexity index is 521. The van der Waals surface area contributed by atoms with Crippen molar-refractivity contribution in [1.29, 1.82) is 0 Å². The molecule has 3 rings (SSSR count).